The van der Waals surface area contributed by atoms with E-state index in [1.165, 1.54) is 6.92 Å². The molecule has 2 heterocycles. The molecule has 0 aliphatic carbocycles. The minimum atomic E-state index is -1.88. The number of ether oxygens (including phenoxy) is 1. The number of aliphatic hydroxyl groups is 2. The summed E-state index contributed by atoms with van der Waals surface area (Å²) in [7, 11) is 0. The van der Waals surface area contributed by atoms with Crippen molar-refractivity contribution >= 4 is 5.82 Å². The summed E-state index contributed by atoms with van der Waals surface area (Å²) in [6.45, 7) is 0.939. The lowest BCUT2D eigenvalue weighted by molar-refractivity contribution is -0.0548. The van der Waals surface area contributed by atoms with Gasteiger partial charge < -0.3 is 20.7 Å². The van der Waals surface area contributed by atoms with E-state index < -0.39 is 36.9 Å². The van der Waals surface area contributed by atoms with Gasteiger partial charge in [0.05, 0.1) is 6.61 Å². The molecule has 4 N–H and O–H groups in total. The predicted octanol–water partition coefficient (Wildman–Crippen LogP) is -1.88. The first kappa shape index (κ1) is 12.9. The van der Waals surface area contributed by atoms with Gasteiger partial charge in [-0.3, -0.25) is 0 Å². The molecule has 8 nitrogen and oxygen atoms in total. The molecule has 1 aromatic heterocycles. The van der Waals surface area contributed by atoms with Gasteiger partial charge in [-0.1, -0.05) is 0 Å². The molecule has 0 aromatic carbocycles. The van der Waals surface area contributed by atoms with Gasteiger partial charge in [0.15, 0.2) is 18.2 Å². The van der Waals surface area contributed by atoms with E-state index in [0.29, 0.717) is 4.68 Å². The van der Waals surface area contributed by atoms with Crippen LogP contribution in [0.15, 0.2) is 4.79 Å². The standard InChI is InChI=1S/C9H13FN4O4/c1-3-7(11)12-9(17)14(13-3)8-5(10)6(16)4(2-15)18-8/h4-6,8,15-16H,2H2,1H3,(H2,11,12,17)/t4-,5-,6-,8-/m1/s1. The molecule has 9 heteroatoms. The Morgan fingerprint density at radius 1 is 1.61 bits per heavy atom. The largest absolute Gasteiger partial charge is 0.394 e. The van der Waals surface area contributed by atoms with Crippen LogP contribution in [-0.2, 0) is 4.74 Å². The van der Waals surface area contributed by atoms with Crippen LogP contribution in [0.5, 0.6) is 0 Å². The Kier molecular flexibility index (Phi) is 3.28. The summed E-state index contributed by atoms with van der Waals surface area (Å²) in [5.41, 5.74) is 4.76. The number of aliphatic hydroxyl groups excluding tert-OH is 2. The van der Waals surface area contributed by atoms with Crippen LogP contribution in [0.25, 0.3) is 0 Å². The second-order valence-electron chi connectivity index (χ2n) is 3.99. The van der Waals surface area contributed by atoms with Crippen molar-refractivity contribution in [1.82, 2.24) is 14.8 Å². The number of anilines is 1. The fourth-order valence-electron chi connectivity index (χ4n) is 1.71. The van der Waals surface area contributed by atoms with Crippen molar-refractivity contribution in [3.05, 3.63) is 16.2 Å². The molecular formula is C9H13FN4O4. The molecule has 1 fully saturated rings. The highest BCUT2D eigenvalue weighted by Gasteiger charge is 2.46. The number of nitrogens with zero attached hydrogens (tertiary/aromatic N) is 3. The zero-order valence-electron chi connectivity index (χ0n) is 9.52. The highest BCUT2D eigenvalue weighted by atomic mass is 19.1. The molecule has 0 spiro atoms. The third kappa shape index (κ3) is 1.96. The minimum absolute atomic E-state index is 0.0519. The van der Waals surface area contributed by atoms with Gasteiger partial charge in [-0.2, -0.15) is 14.8 Å². The Morgan fingerprint density at radius 2 is 2.28 bits per heavy atom. The van der Waals surface area contributed by atoms with Crippen LogP contribution in [0.2, 0.25) is 0 Å². The average molecular weight is 260 g/mol. The van der Waals surface area contributed by atoms with Crippen molar-refractivity contribution < 1.29 is 19.3 Å². The molecule has 0 amide bonds. The zero-order valence-corrected chi connectivity index (χ0v) is 9.52. The quantitative estimate of drug-likeness (QED) is 0.568. The van der Waals surface area contributed by atoms with E-state index in [0.717, 1.165) is 0 Å². The maximum Gasteiger partial charge on any atom is 0.368 e. The molecule has 2 rings (SSSR count). The molecule has 0 bridgehead atoms. The van der Waals surface area contributed by atoms with Gasteiger partial charge in [0.1, 0.15) is 17.9 Å². The van der Waals surface area contributed by atoms with E-state index in [1.807, 2.05) is 0 Å². The van der Waals surface area contributed by atoms with Crippen LogP contribution in [0.1, 0.15) is 11.9 Å². The number of aryl methyl sites for hydroxylation is 1. The van der Waals surface area contributed by atoms with Crippen LogP contribution < -0.4 is 11.4 Å². The van der Waals surface area contributed by atoms with E-state index in [9.17, 15) is 14.3 Å². The smallest absolute Gasteiger partial charge is 0.368 e. The van der Waals surface area contributed by atoms with Crippen molar-refractivity contribution in [2.45, 2.75) is 31.5 Å². The number of hydrogen-bond donors (Lipinski definition) is 3. The number of aromatic nitrogens is 3. The third-order valence-electron chi connectivity index (χ3n) is 2.76. The topological polar surface area (TPSA) is 123 Å². The second-order valence-corrected chi connectivity index (χ2v) is 3.99. The number of alkyl halides is 1. The third-order valence-corrected chi connectivity index (χ3v) is 2.76. The summed E-state index contributed by atoms with van der Waals surface area (Å²) in [5, 5.41) is 22.1. The van der Waals surface area contributed by atoms with Crippen molar-refractivity contribution in [3.8, 4) is 0 Å². The van der Waals surface area contributed by atoms with Crippen LogP contribution >= 0.6 is 0 Å². The second kappa shape index (κ2) is 4.59. The molecule has 0 radical (unpaired) electrons. The fourth-order valence-corrected chi connectivity index (χ4v) is 1.71. The number of nitrogen functional groups attached to an aromatic ring is 1. The van der Waals surface area contributed by atoms with E-state index in [2.05, 4.69) is 10.1 Å². The number of nitrogens with two attached hydrogens (primary N) is 1. The molecular weight excluding hydrogens is 247 g/mol. The summed E-state index contributed by atoms with van der Waals surface area (Å²) in [6, 6.07) is 0. The number of hydrogen-bond acceptors (Lipinski definition) is 7. The first-order chi connectivity index (χ1) is 8.45. The molecule has 18 heavy (non-hydrogen) atoms. The fraction of sp³-hybridized carbons (Fsp3) is 0.667. The van der Waals surface area contributed by atoms with Crippen molar-refractivity contribution in [1.29, 1.82) is 0 Å². The lowest BCUT2D eigenvalue weighted by Crippen LogP contribution is -2.36. The van der Waals surface area contributed by atoms with E-state index >= 15 is 0 Å². The molecule has 1 aromatic rings. The van der Waals surface area contributed by atoms with E-state index in [-0.39, 0.29) is 11.5 Å². The Bertz CT molecular complexity index is 508. The summed E-state index contributed by atoms with van der Waals surface area (Å²) < 4.78 is 19.5. The van der Waals surface area contributed by atoms with Crippen molar-refractivity contribution in [2.24, 2.45) is 0 Å². The average Bonchev–Trinajstić information content (AvgIpc) is 2.61. The van der Waals surface area contributed by atoms with Crippen LogP contribution in [0.4, 0.5) is 10.2 Å². The maximum absolute atomic E-state index is 13.8. The van der Waals surface area contributed by atoms with Gasteiger partial charge in [0, 0.05) is 0 Å². The molecule has 1 saturated heterocycles. The summed E-state index contributed by atoms with van der Waals surface area (Å²) >= 11 is 0. The zero-order chi connectivity index (χ0) is 13.4. The highest BCUT2D eigenvalue weighted by Crippen LogP contribution is 2.30. The van der Waals surface area contributed by atoms with Crippen molar-refractivity contribution in [3.63, 3.8) is 0 Å². The van der Waals surface area contributed by atoms with Gasteiger partial charge >= 0.3 is 5.69 Å². The van der Waals surface area contributed by atoms with Crippen LogP contribution in [0.3, 0.4) is 0 Å². The number of halogens is 1. The van der Waals surface area contributed by atoms with Crippen molar-refractivity contribution in [2.75, 3.05) is 12.3 Å². The summed E-state index contributed by atoms with van der Waals surface area (Å²) in [5.74, 6) is -0.0519. The SMILES string of the molecule is Cc1nn([C@@H]2O[C@H](CO)[C@@H](O)[C@H]2F)c(=O)nc1N. The summed E-state index contributed by atoms with van der Waals surface area (Å²) in [4.78, 5) is 15.0. The summed E-state index contributed by atoms with van der Waals surface area (Å²) in [6.07, 6.45) is -5.92. The van der Waals surface area contributed by atoms with E-state index in [1.54, 1.807) is 0 Å². The molecule has 0 unspecified atom stereocenters. The lowest BCUT2D eigenvalue weighted by atomic mass is 10.1. The maximum atomic E-state index is 13.8. The molecule has 100 valence electrons. The Hall–Kier alpha value is -1.58. The Labute approximate surface area is 101 Å². The first-order valence-electron chi connectivity index (χ1n) is 5.27. The van der Waals surface area contributed by atoms with Crippen LogP contribution in [-0.4, -0.2) is 50.0 Å². The molecule has 4 atom stereocenters. The van der Waals surface area contributed by atoms with Crippen LogP contribution in [0, 0.1) is 6.92 Å². The lowest BCUT2D eigenvalue weighted by Gasteiger charge is -2.15. The van der Waals surface area contributed by atoms with E-state index in [4.69, 9.17) is 15.6 Å². The minimum Gasteiger partial charge on any atom is -0.394 e. The molecule has 1 aliphatic heterocycles. The molecule has 0 saturated carbocycles. The van der Waals surface area contributed by atoms with Gasteiger partial charge in [0.2, 0.25) is 0 Å². The number of rotatable bonds is 2. The van der Waals surface area contributed by atoms with Gasteiger partial charge in [-0.25, -0.2) is 9.18 Å². The molecule has 1 aliphatic rings. The first-order valence-corrected chi connectivity index (χ1v) is 5.27. The predicted molar refractivity (Wildman–Crippen MR) is 57.3 cm³/mol. The Morgan fingerprint density at radius 3 is 2.83 bits per heavy atom. The normalized spacial score (nSPS) is 31.8. The van der Waals surface area contributed by atoms with Gasteiger partial charge in [0.25, 0.3) is 0 Å². The van der Waals surface area contributed by atoms with Gasteiger partial charge in [-0.05, 0) is 6.92 Å². The highest BCUT2D eigenvalue weighted by molar-refractivity contribution is 5.30. The Balaban J connectivity index is 2.39. The van der Waals surface area contributed by atoms with Gasteiger partial charge in [-0.15, -0.1) is 0 Å². The monoisotopic (exact) mass is 260 g/mol.